The maximum Gasteiger partial charge on any atom is 0.306 e. The third-order valence-corrected chi connectivity index (χ3v) is 19.1. The predicted octanol–water partition coefficient (Wildman–Crippen LogP) is 25.7. The molecule has 0 amide bonds. The van der Waals surface area contributed by atoms with Crippen molar-refractivity contribution in [2.45, 2.75) is 412 Å². The number of hydrogen-bond donors (Lipinski definition) is 0. The minimum Gasteiger partial charge on any atom is -0.756 e. The van der Waals surface area contributed by atoms with Crippen LogP contribution in [0.1, 0.15) is 406 Å². The number of quaternary nitrogens is 1. The van der Waals surface area contributed by atoms with Crippen molar-refractivity contribution in [3.05, 3.63) is 48.6 Å². The standard InChI is InChI=1S/C81H154NO8P/c1-6-8-10-12-14-16-18-20-22-24-26-28-30-32-34-35-36-37-38-39-40-41-42-43-44-45-46-47-48-50-52-54-56-58-60-62-64-66-68-70-72-74-81(84)90-79(78-89-91(85,86)88-76-75-82(3,4)5)77-87-80(83)73-71-69-67-65-63-61-59-57-55-53-51-49-33-31-29-27-25-23-21-19-17-15-13-11-9-7-2/h8,10,14,16,20,22,26,28,79H,6-7,9,11-13,15,17-19,21,23-25,27,29-78H2,1-5H3/b10-8-,16-14-,22-20-,28-26-. The van der Waals surface area contributed by atoms with Crippen LogP contribution in [0, 0.1) is 0 Å². The van der Waals surface area contributed by atoms with Gasteiger partial charge in [0.25, 0.3) is 7.82 Å². The lowest BCUT2D eigenvalue weighted by atomic mass is 10.0. The van der Waals surface area contributed by atoms with Gasteiger partial charge in [-0.2, -0.15) is 0 Å². The fraction of sp³-hybridized carbons (Fsp3) is 0.877. The molecule has 10 heteroatoms. The molecular weight excluding hydrogens is 1150 g/mol. The maximum absolute atomic E-state index is 12.9. The molecule has 0 aliphatic carbocycles. The summed E-state index contributed by atoms with van der Waals surface area (Å²) in [5, 5.41) is 0. The Bertz CT molecular complexity index is 1670. The third kappa shape index (κ3) is 76.9. The van der Waals surface area contributed by atoms with Crippen LogP contribution in [-0.2, 0) is 32.7 Å². The van der Waals surface area contributed by atoms with Crippen LogP contribution in [0.2, 0.25) is 0 Å². The highest BCUT2D eigenvalue weighted by atomic mass is 31.2. The van der Waals surface area contributed by atoms with E-state index in [4.69, 9.17) is 18.5 Å². The van der Waals surface area contributed by atoms with Crippen LogP contribution >= 0.6 is 7.82 Å². The Hall–Kier alpha value is -2.03. The van der Waals surface area contributed by atoms with E-state index >= 15 is 0 Å². The summed E-state index contributed by atoms with van der Waals surface area (Å²) in [6.07, 6.45) is 95.3. The Balaban J connectivity index is 3.87. The van der Waals surface area contributed by atoms with Crippen LogP contribution in [0.4, 0.5) is 0 Å². The first-order valence-corrected chi connectivity index (χ1v) is 41.3. The van der Waals surface area contributed by atoms with Gasteiger partial charge in [-0.1, -0.05) is 390 Å². The van der Waals surface area contributed by atoms with Crippen molar-refractivity contribution in [1.82, 2.24) is 0 Å². The van der Waals surface area contributed by atoms with Gasteiger partial charge in [-0.3, -0.25) is 14.2 Å². The Morgan fingerprint density at radius 3 is 0.934 bits per heavy atom. The third-order valence-electron chi connectivity index (χ3n) is 18.1. The second-order valence-electron chi connectivity index (χ2n) is 28.4. The zero-order valence-electron chi connectivity index (χ0n) is 61.3. The normalized spacial score (nSPS) is 13.3. The molecule has 2 unspecified atom stereocenters. The van der Waals surface area contributed by atoms with Crippen LogP contribution in [0.15, 0.2) is 48.6 Å². The number of rotatable bonds is 75. The summed E-state index contributed by atoms with van der Waals surface area (Å²) >= 11 is 0. The monoisotopic (exact) mass is 1300 g/mol. The van der Waals surface area contributed by atoms with Crippen LogP contribution in [-0.4, -0.2) is 70.0 Å². The number of allylic oxidation sites excluding steroid dienone is 8. The largest absolute Gasteiger partial charge is 0.756 e. The molecule has 0 saturated heterocycles. The van der Waals surface area contributed by atoms with E-state index in [1.54, 1.807) is 0 Å². The molecule has 0 aliphatic heterocycles. The Morgan fingerprint density at radius 2 is 0.626 bits per heavy atom. The highest BCUT2D eigenvalue weighted by Crippen LogP contribution is 2.38. The molecule has 0 radical (unpaired) electrons. The molecule has 0 bridgehead atoms. The van der Waals surface area contributed by atoms with Crippen molar-refractivity contribution in [2.75, 3.05) is 47.5 Å². The summed E-state index contributed by atoms with van der Waals surface area (Å²) in [6, 6.07) is 0. The Morgan fingerprint density at radius 1 is 0.352 bits per heavy atom. The summed E-state index contributed by atoms with van der Waals surface area (Å²) in [7, 11) is 1.19. The van der Waals surface area contributed by atoms with E-state index in [1.807, 2.05) is 21.1 Å². The number of nitrogens with zero attached hydrogens (tertiary/aromatic N) is 1. The van der Waals surface area contributed by atoms with Crippen molar-refractivity contribution in [3.63, 3.8) is 0 Å². The molecule has 536 valence electrons. The summed E-state index contributed by atoms with van der Waals surface area (Å²) in [5.41, 5.74) is 0. The van der Waals surface area contributed by atoms with E-state index in [9.17, 15) is 19.0 Å². The molecule has 0 fully saturated rings. The molecule has 0 aromatic carbocycles. The van der Waals surface area contributed by atoms with Gasteiger partial charge in [0.1, 0.15) is 19.8 Å². The quantitative estimate of drug-likeness (QED) is 0.0195. The van der Waals surface area contributed by atoms with Crippen LogP contribution in [0.25, 0.3) is 0 Å². The molecule has 0 aliphatic rings. The maximum atomic E-state index is 12.9. The molecule has 0 saturated carbocycles. The van der Waals surface area contributed by atoms with Crippen LogP contribution < -0.4 is 4.89 Å². The summed E-state index contributed by atoms with van der Waals surface area (Å²) in [6.45, 7) is 4.21. The average Bonchev–Trinajstić information content (AvgIpc) is 3.69. The number of likely N-dealkylation sites (N-methyl/N-ethyl adjacent to an activating group) is 1. The molecule has 0 N–H and O–H groups in total. The number of ether oxygens (including phenoxy) is 2. The molecule has 0 spiro atoms. The fourth-order valence-corrected chi connectivity index (χ4v) is 12.8. The highest BCUT2D eigenvalue weighted by molar-refractivity contribution is 7.45. The first-order valence-electron chi connectivity index (χ1n) is 39.8. The number of unbranched alkanes of at least 4 members (excludes halogenated alkanes) is 53. The van der Waals surface area contributed by atoms with E-state index in [0.717, 1.165) is 57.8 Å². The molecule has 0 rings (SSSR count). The average molecular weight is 1300 g/mol. The van der Waals surface area contributed by atoms with Gasteiger partial charge in [-0.25, -0.2) is 0 Å². The molecule has 9 nitrogen and oxygen atoms in total. The van der Waals surface area contributed by atoms with Crippen molar-refractivity contribution in [3.8, 4) is 0 Å². The number of phosphoric acid groups is 1. The van der Waals surface area contributed by atoms with E-state index in [2.05, 4.69) is 62.5 Å². The number of carbonyl (C=O) groups excluding carboxylic acids is 2. The SMILES string of the molecule is CC/C=C\C/C=C\C/C=C\C/C=C\CCCCCCCCCCCCCCCCCCCCCCCCCCCCCCC(=O)OC(COC(=O)CCCCCCCCCCCCCCCCCCCCCCCCCCCC)COP(=O)([O-])OCC[N+](C)(C)C. The smallest absolute Gasteiger partial charge is 0.306 e. The lowest BCUT2D eigenvalue weighted by Gasteiger charge is -2.28. The van der Waals surface area contributed by atoms with Gasteiger partial charge in [0, 0.05) is 12.8 Å². The molecule has 0 aromatic heterocycles. The zero-order valence-corrected chi connectivity index (χ0v) is 62.2. The Labute approximate surface area is 566 Å². The number of phosphoric ester groups is 1. The number of carbonyl (C=O) groups is 2. The zero-order chi connectivity index (χ0) is 66.2. The summed E-state index contributed by atoms with van der Waals surface area (Å²) in [5.74, 6) is -0.806. The topological polar surface area (TPSA) is 111 Å². The first kappa shape index (κ1) is 89.0. The van der Waals surface area contributed by atoms with Crippen molar-refractivity contribution < 1.29 is 42.1 Å². The lowest BCUT2D eigenvalue weighted by molar-refractivity contribution is -0.870. The fourth-order valence-electron chi connectivity index (χ4n) is 12.1. The lowest BCUT2D eigenvalue weighted by Crippen LogP contribution is -2.37. The van der Waals surface area contributed by atoms with E-state index < -0.39 is 26.5 Å². The first-order chi connectivity index (χ1) is 44.5. The van der Waals surface area contributed by atoms with Gasteiger partial charge >= 0.3 is 11.9 Å². The van der Waals surface area contributed by atoms with Gasteiger partial charge in [0.2, 0.25) is 0 Å². The molecule has 2 atom stereocenters. The second kappa shape index (κ2) is 72.2. The Kier molecular flexibility index (Phi) is 70.6. The van der Waals surface area contributed by atoms with Gasteiger partial charge in [0.05, 0.1) is 27.7 Å². The minimum atomic E-state index is -4.64. The van der Waals surface area contributed by atoms with Crippen molar-refractivity contribution in [2.24, 2.45) is 0 Å². The summed E-state index contributed by atoms with van der Waals surface area (Å²) < 4.78 is 34.4. The minimum absolute atomic E-state index is 0.0268. The van der Waals surface area contributed by atoms with E-state index in [1.165, 1.54) is 315 Å². The van der Waals surface area contributed by atoms with E-state index in [-0.39, 0.29) is 32.0 Å². The van der Waals surface area contributed by atoms with Gasteiger partial charge < -0.3 is 27.9 Å². The van der Waals surface area contributed by atoms with Crippen molar-refractivity contribution >= 4 is 19.8 Å². The number of esters is 2. The molecular formula is C81H154NO8P. The highest BCUT2D eigenvalue weighted by Gasteiger charge is 2.22. The molecule has 0 heterocycles. The molecule has 91 heavy (non-hydrogen) atoms. The second-order valence-corrected chi connectivity index (χ2v) is 29.8. The van der Waals surface area contributed by atoms with Crippen molar-refractivity contribution in [1.29, 1.82) is 0 Å². The predicted molar refractivity (Wildman–Crippen MR) is 393 cm³/mol. The van der Waals surface area contributed by atoms with Crippen LogP contribution in [0.3, 0.4) is 0 Å². The van der Waals surface area contributed by atoms with Gasteiger partial charge in [-0.15, -0.1) is 0 Å². The summed E-state index contributed by atoms with van der Waals surface area (Å²) in [4.78, 5) is 38.2. The van der Waals surface area contributed by atoms with Gasteiger partial charge in [-0.05, 0) is 51.4 Å². The molecule has 0 aromatic rings. The number of hydrogen-bond acceptors (Lipinski definition) is 8. The van der Waals surface area contributed by atoms with Gasteiger partial charge in [0.15, 0.2) is 6.10 Å². The van der Waals surface area contributed by atoms with E-state index in [0.29, 0.717) is 17.4 Å². The van der Waals surface area contributed by atoms with Crippen LogP contribution in [0.5, 0.6) is 0 Å².